The number of hydrogen-bond donors (Lipinski definition) is 1. The van der Waals surface area contributed by atoms with Gasteiger partial charge in [0.15, 0.2) is 0 Å². The lowest BCUT2D eigenvalue weighted by Crippen LogP contribution is -2.30. The number of rotatable bonds is 13. The van der Waals surface area contributed by atoms with Crippen molar-refractivity contribution in [3.05, 3.63) is 84.1 Å². The summed E-state index contributed by atoms with van der Waals surface area (Å²) < 4.78 is 0. The zero-order chi connectivity index (χ0) is 20.6. The molecule has 0 aliphatic carbocycles. The maximum Gasteiger partial charge on any atom is 0.0988 e. The van der Waals surface area contributed by atoms with Crippen molar-refractivity contribution in [3.8, 4) is 6.07 Å². The van der Waals surface area contributed by atoms with Gasteiger partial charge in [-0.15, -0.1) is 0 Å². The van der Waals surface area contributed by atoms with Crippen molar-refractivity contribution < 1.29 is 0 Å². The lowest BCUT2D eigenvalue weighted by atomic mass is 10.0. The van der Waals surface area contributed by atoms with E-state index in [1.165, 1.54) is 5.56 Å². The predicted octanol–water partition coefficient (Wildman–Crippen LogP) is 5.26. The van der Waals surface area contributed by atoms with Gasteiger partial charge in [-0.3, -0.25) is 0 Å². The third-order valence-corrected chi connectivity index (χ3v) is 4.75. The van der Waals surface area contributed by atoms with E-state index < -0.39 is 0 Å². The Morgan fingerprint density at radius 3 is 2.64 bits per heavy atom. The largest absolute Gasteiger partial charge is 0.391 e. The van der Waals surface area contributed by atoms with Gasteiger partial charge in [0.1, 0.15) is 0 Å². The molecule has 28 heavy (non-hydrogen) atoms. The van der Waals surface area contributed by atoms with Crippen LogP contribution in [0.1, 0.15) is 32.3 Å². The lowest BCUT2D eigenvalue weighted by Gasteiger charge is -2.24. The van der Waals surface area contributed by atoms with Gasteiger partial charge in [0, 0.05) is 37.8 Å². The van der Waals surface area contributed by atoms with Crippen LogP contribution in [-0.2, 0) is 6.42 Å². The minimum absolute atomic E-state index is 0.583. The van der Waals surface area contributed by atoms with Crippen molar-refractivity contribution in [2.45, 2.75) is 33.1 Å². The molecule has 0 bridgehead atoms. The van der Waals surface area contributed by atoms with Crippen LogP contribution in [0.25, 0.3) is 0 Å². The third-order valence-electron chi connectivity index (χ3n) is 4.75. The fourth-order valence-electron chi connectivity index (χ4n) is 3.00. The highest BCUT2D eigenvalue weighted by atomic mass is 15.1. The first kappa shape index (κ1) is 23.5. The van der Waals surface area contributed by atoms with Crippen LogP contribution in [0.15, 0.2) is 78.6 Å². The molecule has 0 spiro atoms. The summed E-state index contributed by atoms with van der Waals surface area (Å²) in [6, 6.07) is 12.9. The molecule has 1 rings (SSSR count). The highest BCUT2D eigenvalue weighted by molar-refractivity contribution is 5.35. The molecule has 1 atom stereocenters. The standard InChI is InChI=1S/C25H35N3/c1-5-7-11-24(20-26)15-17-25(27-4)16-14-22(3)21-28(6-2)19-18-23-12-9-8-10-13-23/h5,7-13,15-16,22,27H,1,6,14,17-19,21H2,2-4H3/b11-7-,24-15+,25-16-. The average Bonchev–Trinajstić information content (AvgIpc) is 2.73. The Labute approximate surface area is 171 Å². The molecule has 0 aromatic heterocycles. The smallest absolute Gasteiger partial charge is 0.0988 e. The summed E-state index contributed by atoms with van der Waals surface area (Å²) in [7, 11) is 1.94. The Morgan fingerprint density at radius 1 is 1.29 bits per heavy atom. The summed E-state index contributed by atoms with van der Waals surface area (Å²) in [5.41, 5.74) is 3.21. The van der Waals surface area contributed by atoms with Gasteiger partial charge in [-0.05, 0) is 36.9 Å². The second kappa shape index (κ2) is 14.5. The molecule has 0 radical (unpaired) electrons. The number of allylic oxidation sites excluding steroid dienone is 6. The van der Waals surface area contributed by atoms with E-state index in [-0.39, 0.29) is 0 Å². The van der Waals surface area contributed by atoms with Crippen LogP contribution < -0.4 is 5.32 Å². The third kappa shape index (κ3) is 9.94. The topological polar surface area (TPSA) is 39.1 Å². The molecule has 0 fully saturated rings. The summed E-state index contributed by atoms with van der Waals surface area (Å²) >= 11 is 0. The SMILES string of the molecule is C=C/C=C\C(C#N)=C/C/C(=C/CC(C)CN(CC)CCc1ccccc1)NC. The highest BCUT2D eigenvalue weighted by Crippen LogP contribution is 2.11. The van der Waals surface area contributed by atoms with Crippen LogP contribution in [0.5, 0.6) is 0 Å². The molecule has 1 N–H and O–H groups in total. The molecule has 3 heteroatoms. The molecule has 0 aliphatic heterocycles. The minimum atomic E-state index is 0.583. The number of hydrogen-bond acceptors (Lipinski definition) is 3. The van der Waals surface area contributed by atoms with Gasteiger partial charge < -0.3 is 10.2 Å². The van der Waals surface area contributed by atoms with Gasteiger partial charge in [-0.2, -0.15) is 5.26 Å². The van der Waals surface area contributed by atoms with Crippen molar-refractivity contribution in [1.29, 1.82) is 5.26 Å². The van der Waals surface area contributed by atoms with E-state index in [0.717, 1.165) is 44.6 Å². The summed E-state index contributed by atoms with van der Waals surface area (Å²) in [6.07, 6.45) is 12.3. The summed E-state index contributed by atoms with van der Waals surface area (Å²) in [4.78, 5) is 2.53. The highest BCUT2D eigenvalue weighted by Gasteiger charge is 2.08. The summed E-state index contributed by atoms with van der Waals surface area (Å²) in [5, 5.41) is 12.4. The van der Waals surface area contributed by atoms with E-state index >= 15 is 0 Å². The van der Waals surface area contributed by atoms with Crippen LogP contribution in [0.2, 0.25) is 0 Å². The van der Waals surface area contributed by atoms with Crippen LogP contribution in [0, 0.1) is 17.2 Å². The molecular formula is C25H35N3. The molecule has 1 unspecified atom stereocenters. The van der Waals surface area contributed by atoms with Crippen molar-refractivity contribution >= 4 is 0 Å². The van der Waals surface area contributed by atoms with E-state index in [0.29, 0.717) is 11.5 Å². The average molecular weight is 378 g/mol. The normalized spacial score (nSPS) is 13.5. The van der Waals surface area contributed by atoms with Gasteiger partial charge in [-0.25, -0.2) is 0 Å². The number of likely N-dealkylation sites (N-methyl/N-ethyl adjacent to an activating group) is 1. The van der Waals surface area contributed by atoms with Gasteiger partial charge >= 0.3 is 0 Å². The van der Waals surface area contributed by atoms with Crippen LogP contribution in [-0.4, -0.2) is 31.6 Å². The van der Waals surface area contributed by atoms with Gasteiger partial charge in [0.05, 0.1) is 6.07 Å². The monoisotopic (exact) mass is 377 g/mol. The Kier molecular flexibility index (Phi) is 12.1. The maximum atomic E-state index is 9.17. The zero-order valence-electron chi connectivity index (χ0n) is 17.7. The predicted molar refractivity (Wildman–Crippen MR) is 121 cm³/mol. The van der Waals surface area contributed by atoms with Crippen molar-refractivity contribution in [1.82, 2.24) is 10.2 Å². The number of nitriles is 1. The first-order valence-electron chi connectivity index (χ1n) is 10.1. The van der Waals surface area contributed by atoms with Crippen molar-refractivity contribution in [2.24, 2.45) is 5.92 Å². The van der Waals surface area contributed by atoms with E-state index in [2.05, 4.69) is 73.1 Å². The minimum Gasteiger partial charge on any atom is -0.391 e. The van der Waals surface area contributed by atoms with Gasteiger partial charge in [-0.1, -0.05) is 75.1 Å². The molecule has 3 nitrogen and oxygen atoms in total. The van der Waals surface area contributed by atoms with Crippen LogP contribution in [0.3, 0.4) is 0 Å². The Balaban J connectivity index is 2.52. The molecule has 1 aromatic carbocycles. The first-order chi connectivity index (χ1) is 13.6. The fraction of sp³-hybridized carbons (Fsp3) is 0.400. The van der Waals surface area contributed by atoms with E-state index in [1.54, 1.807) is 18.2 Å². The summed E-state index contributed by atoms with van der Waals surface area (Å²) in [5.74, 6) is 0.583. The second-order valence-electron chi connectivity index (χ2n) is 7.02. The van der Waals surface area contributed by atoms with Crippen molar-refractivity contribution in [3.63, 3.8) is 0 Å². The fourth-order valence-corrected chi connectivity index (χ4v) is 3.00. The van der Waals surface area contributed by atoms with Crippen LogP contribution in [0.4, 0.5) is 0 Å². The summed E-state index contributed by atoms with van der Waals surface area (Å²) in [6.45, 7) is 11.4. The lowest BCUT2D eigenvalue weighted by molar-refractivity contribution is 0.252. The number of nitrogens with one attached hydrogen (secondary N) is 1. The van der Waals surface area contributed by atoms with E-state index in [1.807, 2.05) is 13.1 Å². The van der Waals surface area contributed by atoms with Gasteiger partial charge in [0.2, 0.25) is 0 Å². The Hall–Kier alpha value is -2.57. The van der Waals surface area contributed by atoms with Crippen molar-refractivity contribution in [2.75, 3.05) is 26.7 Å². The zero-order valence-corrected chi connectivity index (χ0v) is 17.7. The van der Waals surface area contributed by atoms with E-state index in [9.17, 15) is 0 Å². The molecule has 0 saturated heterocycles. The van der Waals surface area contributed by atoms with Crippen LogP contribution >= 0.6 is 0 Å². The molecular weight excluding hydrogens is 342 g/mol. The molecule has 0 amide bonds. The molecule has 0 aliphatic rings. The first-order valence-corrected chi connectivity index (χ1v) is 10.1. The quantitative estimate of drug-likeness (QED) is 0.376. The number of benzene rings is 1. The molecule has 0 saturated carbocycles. The Bertz CT molecular complexity index is 692. The molecule has 0 heterocycles. The van der Waals surface area contributed by atoms with Gasteiger partial charge in [0.25, 0.3) is 0 Å². The maximum absolute atomic E-state index is 9.17. The molecule has 1 aromatic rings. The number of nitrogens with zero attached hydrogens (tertiary/aromatic N) is 2. The van der Waals surface area contributed by atoms with E-state index in [4.69, 9.17) is 5.26 Å². The molecule has 150 valence electrons. The Morgan fingerprint density at radius 2 is 2.04 bits per heavy atom. The second-order valence-corrected chi connectivity index (χ2v) is 7.02.